The summed E-state index contributed by atoms with van der Waals surface area (Å²) in [6.45, 7) is 2.30. The molecule has 1 fully saturated rings. The normalized spacial score (nSPS) is 16.6. The summed E-state index contributed by atoms with van der Waals surface area (Å²) in [5, 5.41) is 2.79. The van der Waals surface area contributed by atoms with E-state index in [0.717, 1.165) is 5.75 Å². The molecule has 1 aromatic carbocycles. The molecule has 1 heterocycles. The van der Waals surface area contributed by atoms with E-state index in [1.165, 1.54) is 0 Å². The quantitative estimate of drug-likeness (QED) is 0.812. The number of ketones is 1. The lowest BCUT2D eigenvalue weighted by atomic mass is 10.1. The molecule has 0 spiro atoms. The summed E-state index contributed by atoms with van der Waals surface area (Å²) >= 11 is 0. The van der Waals surface area contributed by atoms with Gasteiger partial charge in [-0.25, -0.2) is 0 Å². The third-order valence-corrected chi connectivity index (χ3v) is 3.18. The monoisotopic (exact) mass is 262 g/mol. The number of rotatable bonds is 4. The van der Waals surface area contributed by atoms with Gasteiger partial charge in [-0.15, -0.1) is 0 Å². The van der Waals surface area contributed by atoms with Gasteiger partial charge in [0.1, 0.15) is 5.75 Å². The third-order valence-electron chi connectivity index (χ3n) is 3.18. The van der Waals surface area contributed by atoms with Crippen LogP contribution >= 0.6 is 0 Å². The van der Waals surface area contributed by atoms with Crippen molar-refractivity contribution >= 4 is 11.7 Å². The van der Waals surface area contributed by atoms with Crippen LogP contribution in [0.25, 0.3) is 0 Å². The molecule has 0 radical (unpaired) electrons. The number of carbonyl (C=O) groups excluding carboxylic acids is 2. The van der Waals surface area contributed by atoms with Crippen molar-refractivity contribution in [1.29, 1.82) is 0 Å². The number of Topliss-reactive ketones (excluding diaryl/α,β-unsaturated/α-hetero) is 1. The van der Waals surface area contributed by atoms with Gasteiger partial charge in [0.2, 0.25) is 5.91 Å². The fourth-order valence-corrected chi connectivity index (χ4v) is 2.04. The Balaban J connectivity index is 1.94. The molecule has 1 N–H and O–H groups in total. The lowest BCUT2D eigenvalue weighted by molar-refractivity contribution is -0.120. The summed E-state index contributed by atoms with van der Waals surface area (Å²) in [5.74, 6) is 0.859. The Morgan fingerprint density at radius 3 is 2.74 bits per heavy atom. The predicted molar refractivity (Wildman–Crippen MR) is 71.4 cm³/mol. The molecule has 19 heavy (non-hydrogen) atoms. The van der Waals surface area contributed by atoms with E-state index in [0.29, 0.717) is 38.2 Å². The molecular weight excluding hydrogens is 244 g/mol. The number of carbonyl (C=O) groups is 2. The highest BCUT2D eigenvalue weighted by Crippen LogP contribution is 2.12. The molecule has 1 aromatic rings. The smallest absolute Gasteiger partial charge is 0.221 e. The van der Waals surface area contributed by atoms with E-state index in [-0.39, 0.29) is 11.7 Å². The van der Waals surface area contributed by atoms with Crippen LogP contribution in [0.2, 0.25) is 0 Å². The van der Waals surface area contributed by atoms with Crippen LogP contribution < -0.4 is 10.1 Å². The molecule has 1 saturated heterocycles. The highest BCUT2D eigenvalue weighted by atomic mass is 16.5. The summed E-state index contributed by atoms with van der Waals surface area (Å²) in [5.41, 5.74) is 0.671. The van der Waals surface area contributed by atoms with Crippen molar-refractivity contribution in [2.24, 2.45) is 0 Å². The van der Waals surface area contributed by atoms with E-state index in [1.54, 1.807) is 31.4 Å². The number of hydrogen-bond acceptors (Lipinski definition) is 4. The molecule has 1 aliphatic heterocycles. The van der Waals surface area contributed by atoms with Gasteiger partial charge in [-0.05, 0) is 24.3 Å². The van der Waals surface area contributed by atoms with Crippen molar-refractivity contribution in [1.82, 2.24) is 10.2 Å². The van der Waals surface area contributed by atoms with E-state index in [9.17, 15) is 9.59 Å². The fraction of sp³-hybridized carbons (Fsp3) is 0.429. The third kappa shape index (κ3) is 3.79. The zero-order valence-corrected chi connectivity index (χ0v) is 11.0. The maximum atomic E-state index is 12.1. The molecule has 0 unspecified atom stereocenters. The van der Waals surface area contributed by atoms with Crippen LogP contribution in [0.1, 0.15) is 16.8 Å². The van der Waals surface area contributed by atoms with Crippen LogP contribution in [0.5, 0.6) is 5.75 Å². The minimum atomic E-state index is 0.0550. The first-order valence-electron chi connectivity index (χ1n) is 6.35. The Morgan fingerprint density at radius 1 is 1.32 bits per heavy atom. The van der Waals surface area contributed by atoms with Crippen LogP contribution in [-0.4, -0.2) is 49.9 Å². The number of amides is 1. The van der Waals surface area contributed by atoms with Gasteiger partial charge < -0.3 is 10.1 Å². The molecule has 0 aromatic heterocycles. The lowest BCUT2D eigenvalue weighted by Crippen LogP contribution is -2.33. The lowest BCUT2D eigenvalue weighted by Gasteiger charge is -2.17. The molecule has 0 saturated carbocycles. The number of hydrogen-bond donors (Lipinski definition) is 1. The molecule has 1 amide bonds. The maximum absolute atomic E-state index is 12.1. The highest BCUT2D eigenvalue weighted by Gasteiger charge is 2.16. The van der Waals surface area contributed by atoms with E-state index in [2.05, 4.69) is 5.32 Å². The van der Waals surface area contributed by atoms with E-state index in [4.69, 9.17) is 4.74 Å². The Kier molecular flexibility index (Phi) is 4.52. The Labute approximate surface area is 112 Å². The van der Waals surface area contributed by atoms with Crippen molar-refractivity contribution in [3.05, 3.63) is 29.8 Å². The first kappa shape index (κ1) is 13.5. The Hall–Kier alpha value is -1.88. The number of ether oxygens (including phenoxy) is 1. The molecule has 0 bridgehead atoms. The molecular formula is C14H18N2O3. The second kappa shape index (κ2) is 6.33. The molecule has 0 aliphatic carbocycles. The van der Waals surface area contributed by atoms with Gasteiger partial charge in [0.25, 0.3) is 0 Å². The fourth-order valence-electron chi connectivity index (χ4n) is 2.04. The molecule has 1 aliphatic rings. The van der Waals surface area contributed by atoms with Crippen molar-refractivity contribution in [3.8, 4) is 5.75 Å². The van der Waals surface area contributed by atoms with Crippen LogP contribution in [0, 0.1) is 0 Å². The van der Waals surface area contributed by atoms with Crippen molar-refractivity contribution in [3.63, 3.8) is 0 Å². The van der Waals surface area contributed by atoms with Gasteiger partial charge in [0.05, 0.1) is 13.7 Å². The van der Waals surface area contributed by atoms with Gasteiger partial charge in [-0.1, -0.05) is 0 Å². The van der Waals surface area contributed by atoms with Crippen LogP contribution in [-0.2, 0) is 4.79 Å². The zero-order valence-electron chi connectivity index (χ0n) is 11.0. The SMILES string of the molecule is COc1ccc(C(=O)CN2CCNC(=O)CC2)cc1. The van der Waals surface area contributed by atoms with E-state index < -0.39 is 0 Å². The van der Waals surface area contributed by atoms with Crippen molar-refractivity contribution in [2.75, 3.05) is 33.3 Å². The number of nitrogens with zero attached hydrogens (tertiary/aromatic N) is 1. The highest BCUT2D eigenvalue weighted by molar-refractivity contribution is 5.97. The number of methoxy groups -OCH3 is 1. The van der Waals surface area contributed by atoms with Gasteiger partial charge >= 0.3 is 0 Å². The van der Waals surface area contributed by atoms with Gasteiger partial charge in [-0.2, -0.15) is 0 Å². The van der Waals surface area contributed by atoms with E-state index >= 15 is 0 Å². The van der Waals surface area contributed by atoms with E-state index in [1.807, 2.05) is 4.90 Å². The molecule has 2 rings (SSSR count). The standard InChI is InChI=1S/C14H18N2O3/c1-19-12-4-2-11(3-5-12)13(17)10-16-8-6-14(18)15-7-9-16/h2-5H,6-10H2,1H3,(H,15,18). The number of benzene rings is 1. The molecule has 0 atom stereocenters. The molecule has 102 valence electrons. The van der Waals surface area contributed by atoms with Gasteiger partial charge in [0.15, 0.2) is 5.78 Å². The van der Waals surface area contributed by atoms with Crippen LogP contribution in [0.3, 0.4) is 0 Å². The van der Waals surface area contributed by atoms with Crippen molar-refractivity contribution in [2.45, 2.75) is 6.42 Å². The largest absolute Gasteiger partial charge is 0.497 e. The summed E-state index contributed by atoms with van der Waals surface area (Å²) < 4.78 is 5.06. The van der Waals surface area contributed by atoms with Gasteiger partial charge in [0, 0.05) is 31.6 Å². The predicted octanol–water partition coefficient (Wildman–Crippen LogP) is 0.700. The van der Waals surface area contributed by atoms with Crippen LogP contribution in [0.15, 0.2) is 24.3 Å². The average Bonchev–Trinajstić information content (AvgIpc) is 2.64. The zero-order chi connectivity index (χ0) is 13.7. The maximum Gasteiger partial charge on any atom is 0.221 e. The first-order valence-corrected chi connectivity index (χ1v) is 6.35. The molecule has 5 heteroatoms. The summed E-state index contributed by atoms with van der Waals surface area (Å²) in [7, 11) is 1.60. The summed E-state index contributed by atoms with van der Waals surface area (Å²) in [6, 6.07) is 7.09. The van der Waals surface area contributed by atoms with Crippen LogP contribution in [0.4, 0.5) is 0 Å². The Morgan fingerprint density at radius 2 is 2.05 bits per heavy atom. The second-order valence-corrected chi connectivity index (χ2v) is 4.53. The molecule has 5 nitrogen and oxygen atoms in total. The Bertz CT molecular complexity index is 456. The van der Waals surface area contributed by atoms with Crippen molar-refractivity contribution < 1.29 is 14.3 Å². The summed E-state index contributed by atoms with van der Waals surface area (Å²) in [6.07, 6.45) is 0.454. The summed E-state index contributed by atoms with van der Waals surface area (Å²) in [4.78, 5) is 25.3. The first-order chi connectivity index (χ1) is 9.19. The number of nitrogens with one attached hydrogen (secondary N) is 1. The minimum absolute atomic E-state index is 0.0550. The topological polar surface area (TPSA) is 58.6 Å². The minimum Gasteiger partial charge on any atom is -0.497 e. The average molecular weight is 262 g/mol. The van der Waals surface area contributed by atoms with Gasteiger partial charge in [-0.3, -0.25) is 14.5 Å². The second-order valence-electron chi connectivity index (χ2n) is 4.53.